The predicted molar refractivity (Wildman–Crippen MR) is 94.7 cm³/mol. The van der Waals surface area contributed by atoms with E-state index in [1.54, 1.807) is 30.6 Å². The van der Waals surface area contributed by atoms with Gasteiger partial charge in [-0.1, -0.05) is 12.1 Å². The summed E-state index contributed by atoms with van der Waals surface area (Å²) in [6.45, 7) is 3.72. The zero-order valence-electron chi connectivity index (χ0n) is 14.1. The van der Waals surface area contributed by atoms with Gasteiger partial charge in [-0.2, -0.15) is 0 Å². The van der Waals surface area contributed by atoms with Gasteiger partial charge in [0.15, 0.2) is 0 Å². The Morgan fingerprint density at radius 1 is 1.16 bits per heavy atom. The highest BCUT2D eigenvalue weighted by Crippen LogP contribution is 2.28. The van der Waals surface area contributed by atoms with E-state index in [2.05, 4.69) is 15.8 Å². The summed E-state index contributed by atoms with van der Waals surface area (Å²) >= 11 is 0. The lowest BCUT2D eigenvalue weighted by atomic mass is 10.2. The van der Waals surface area contributed by atoms with Gasteiger partial charge in [0.05, 0.1) is 12.2 Å². The lowest BCUT2D eigenvalue weighted by molar-refractivity contribution is 0.553. The molecular weight excluding hydrogens is 343 g/mol. The maximum absolute atomic E-state index is 13.7. The highest BCUT2D eigenvalue weighted by Gasteiger charge is 2.43. The first kappa shape index (κ1) is 17.8. The molecule has 0 amide bonds. The van der Waals surface area contributed by atoms with Gasteiger partial charge in [-0.15, -0.1) is 0 Å². The van der Waals surface area contributed by atoms with E-state index >= 15 is 0 Å². The molecule has 3 rings (SSSR count). The Bertz CT molecular complexity index is 822. The van der Waals surface area contributed by atoms with Crippen molar-refractivity contribution in [1.82, 2.24) is 15.8 Å². The average Bonchev–Trinajstić information content (AvgIpc) is 2.93. The first-order valence-electron chi connectivity index (χ1n) is 8.06. The number of nitrogens with zero attached hydrogens (tertiary/aromatic N) is 2. The number of nitrogens with one attached hydrogen (secondary N) is 2. The molecular formula is C17H21FN4O2S. The van der Waals surface area contributed by atoms with Crippen LogP contribution in [0.25, 0.3) is 0 Å². The molecule has 2 aromatic rings. The van der Waals surface area contributed by atoms with Gasteiger partial charge < -0.3 is 0 Å². The molecule has 1 aliphatic heterocycles. The molecule has 1 fully saturated rings. The number of hydrogen-bond donors (Lipinski definition) is 2. The zero-order valence-corrected chi connectivity index (χ0v) is 14.9. The summed E-state index contributed by atoms with van der Waals surface area (Å²) in [4.78, 5) is 4.04. The van der Waals surface area contributed by atoms with Gasteiger partial charge in [0.25, 0.3) is 0 Å². The summed E-state index contributed by atoms with van der Waals surface area (Å²) < 4.78 is 41.7. The van der Waals surface area contributed by atoms with E-state index in [-0.39, 0.29) is 18.6 Å². The van der Waals surface area contributed by atoms with Crippen molar-refractivity contribution in [3.63, 3.8) is 0 Å². The predicted octanol–water partition coefficient (Wildman–Crippen LogP) is 1.81. The molecule has 1 aromatic carbocycles. The van der Waals surface area contributed by atoms with E-state index < -0.39 is 21.1 Å². The van der Waals surface area contributed by atoms with Crippen LogP contribution in [0.5, 0.6) is 0 Å². The fourth-order valence-corrected chi connectivity index (χ4v) is 5.34. The minimum Gasteiger partial charge on any atom is -0.265 e. The number of aromatic nitrogens is 1. The van der Waals surface area contributed by atoms with Gasteiger partial charge in [0.2, 0.25) is 10.0 Å². The largest absolute Gasteiger partial charge is 0.265 e. The summed E-state index contributed by atoms with van der Waals surface area (Å²) in [5, 5.41) is -0.674. The van der Waals surface area contributed by atoms with Gasteiger partial charge >= 0.3 is 0 Å². The highest BCUT2D eigenvalue weighted by molar-refractivity contribution is 7.93. The van der Waals surface area contributed by atoms with Crippen molar-refractivity contribution in [3.05, 3.63) is 60.2 Å². The summed E-state index contributed by atoms with van der Waals surface area (Å²) in [5.41, 5.74) is 6.96. The molecule has 1 aromatic heterocycles. The molecule has 2 atom stereocenters. The van der Waals surface area contributed by atoms with Crippen LogP contribution >= 0.6 is 0 Å². The van der Waals surface area contributed by atoms with Crippen LogP contribution in [0.3, 0.4) is 0 Å². The molecule has 134 valence electrons. The van der Waals surface area contributed by atoms with Crippen LogP contribution in [0, 0.1) is 5.82 Å². The minimum atomic E-state index is -3.75. The molecule has 0 spiro atoms. The third kappa shape index (κ3) is 3.65. The first-order chi connectivity index (χ1) is 11.9. The second-order valence-electron chi connectivity index (χ2n) is 6.22. The lowest BCUT2D eigenvalue weighted by Crippen LogP contribution is -2.46. The normalized spacial score (nSPS) is 23.6. The van der Waals surface area contributed by atoms with Gasteiger partial charge in [-0.25, -0.2) is 12.8 Å². The van der Waals surface area contributed by atoms with Crippen LogP contribution in [-0.2, 0) is 16.6 Å². The molecule has 0 aliphatic carbocycles. The number of pyridine rings is 1. The van der Waals surface area contributed by atoms with E-state index in [9.17, 15) is 12.8 Å². The molecule has 0 saturated carbocycles. The number of hydrazine groups is 1. The fraction of sp³-hybridized carbons (Fsp3) is 0.353. The Morgan fingerprint density at radius 2 is 1.88 bits per heavy atom. The molecule has 25 heavy (non-hydrogen) atoms. The van der Waals surface area contributed by atoms with Crippen molar-refractivity contribution in [2.45, 2.75) is 37.7 Å². The van der Waals surface area contributed by atoms with Crippen molar-refractivity contribution < 1.29 is 12.8 Å². The second-order valence-corrected chi connectivity index (χ2v) is 8.24. The first-order valence-corrected chi connectivity index (χ1v) is 9.57. The van der Waals surface area contributed by atoms with Gasteiger partial charge in [0, 0.05) is 24.5 Å². The number of benzene rings is 1. The van der Waals surface area contributed by atoms with E-state index in [1.807, 2.05) is 13.8 Å². The quantitative estimate of drug-likeness (QED) is 0.846. The Labute approximate surface area is 147 Å². The summed E-state index contributed by atoms with van der Waals surface area (Å²) in [6, 6.07) is 8.63. The van der Waals surface area contributed by atoms with Crippen LogP contribution in [0.1, 0.15) is 19.4 Å². The van der Waals surface area contributed by atoms with E-state index in [0.717, 1.165) is 5.56 Å². The smallest absolute Gasteiger partial charge is 0.241 e. The average molecular weight is 364 g/mol. The number of anilines is 1. The van der Waals surface area contributed by atoms with Crippen LogP contribution in [0.15, 0.2) is 48.8 Å². The fourth-order valence-electron chi connectivity index (χ4n) is 3.14. The SMILES string of the molecule is CC1NNC(C)C1S(=O)(=O)N(Cc1cccnc1)c1cccc(F)c1. The molecule has 8 heteroatoms. The number of halogens is 1. The Hall–Kier alpha value is -2.03. The topological polar surface area (TPSA) is 74.3 Å². The summed E-state index contributed by atoms with van der Waals surface area (Å²) in [6.07, 6.45) is 3.24. The molecule has 2 N–H and O–H groups in total. The molecule has 0 radical (unpaired) electrons. The van der Waals surface area contributed by atoms with E-state index in [4.69, 9.17) is 0 Å². The number of rotatable bonds is 5. The van der Waals surface area contributed by atoms with E-state index in [1.165, 1.54) is 22.5 Å². The van der Waals surface area contributed by atoms with Crippen molar-refractivity contribution in [1.29, 1.82) is 0 Å². The molecule has 1 aliphatic rings. The molecule has 0 bridgehead atoms. The van der Waals surface area contributed by atoms with Crippen LogP contribution in [0.2, 0.25) is 0 Å². The Morgan fingerprint density at radius 3 is 2.48 bits per heavy atom. The maximum atomic E-state index is 13.7. The van der Waals surface area contributed by atoms with Crippen LogP contribution in [-0.4, -0.2) is 30.7 Å². The molecule has 6 nitrogen and oxygen atoms in total. The monoisotopic (exact) mass is 364 g/mol. The molecule has 2 heterocycles. The molecule has 1 saturated heterocycles. The van der Waals surface area contributed by atoms with Gasteiger partial charge in [-0.3, -0.25) is 20.1 Å². The second kappa shape index (κ2) is 7.07. The highest BCUT2D eigenvalue weighted by atomic mass is 32.2. The third-order valence-corrected chi connectivity index (χ3v) is 6.78. The minimum absolute atomic E-state index is 0.0928. The standard InChI is InChI=1S/C17H21FN4O2S/c1-12-17(13(2)21-20-12)25(23,24)22(11-14-5-4-8-19-10-14)16-7-3-6-15(18)9-16/h3-10,12-13,17,20-21H,11H2,1-2H3. The van der Waals surface area contributed by atoms with Crippen molar-refractivity contribution in [2.24, 2.45) is 0 Å². The zero-order chi connectivity index (χ0) is 18.0. The lowest BCUT2D eigenvalue weighted by Gasteiger charge is -2.30. The van der Waals surface area contributed by atoms with Crippen molar-refractivity contribution in [3.8, 4) is 0 Å². The summed E-state index contributed by atoms with van der Waals surface area (Å²) in [7, 11) is -3.75. The van der Waals surface area contributed by atoms with Crippen LogP contribution < -0.4 is 15.2 Å². The van der Waals surface area contributed by atoms with Crippen molar-refractivity contribution >= 4 is 15.7 Å². The van der Waals surface area contributed by atoms with Gasteiger partial charge in [-0.05, 0) is 43.7 Å². The van der Waals surface area contributed by atoms with E-state index in [0.29, 0.717) is 5.69 Å². The Balaban J connectivity index is 2.04. The summed E-state index contributed by atoms with van der Waals surface area (Å²) in [5.74, 6) is -0.479. The number of sulfonamides is 1. The Kier molecular flexibility index (Phi) is 5.03. The number of hydrogen-bond acceptors (Lipinski definition) is 5. The van der Waals surface area contributed by atoms with Crippen molar-refractivity contribution in [2.75, 3.05) is 4.31 Å². The van der Waals surface area contributed by atoms with Crippen LogP contribution in [0.4, 0.5) is 10.1 Å². The third-order valence-electron chi connectivity index (χ3n) is 4.32. The molecule has 2 unspecified atom stereocenters. The van der Waals surface area contributed by atoms with Gasteiger partial charge in [0.1, 0.15) is 11.1 Å². The maximum Gasteiger partial charge on any atom is 0.241 e.